The van der Waals surface area contributed by atoms with Gasteiger partial charge in [0.25, 0.3) is 0 Å². The molecular formula is C10H23NO3S. The number of rotatable bonds is 8. The number of primary sulfonamides is 1. The van der Waals surface area contributed by atoms with E-state index in [0.717, 1.165) is 25.7 Å². The molecule has 0 heterocycles. The molecule has 0 aromatic heterocycles. The molecule has 0 atom stereocenters. The number of unbranched alkanes of at least 4 members (excludes halogenated alkanes) is 1. The Morgan fingerprint density at radius 2 is 1.73 bits per heavy atom. The lowest BCUT2D eigenvalue weighted by Gasteiger charge is -2.29. The minimum atomic E-state index is -3.32. The fourth-order valence-electron chi connectivity index (χ4n) is 1.71. The largest absolute Gasteiger partial charge is 0.396 e. The van der Waals surface area contributed by atoms with Crippen LogP contribution in [0.4, 0.5) is 0 Å². The van der Waals surface area contributed by atoms with E-state index in [4.69, 9.17) is 5.14 Å². The van der Waals surface area contributed by atoms with Crippen molar-refractivity contribution in [2.24, 2.45) is 10.6 Å². The second-order valence-electron chi connectivity index (χ2n) is 4.19. The Kier molecular flexibility index (Phi) is 6.40. The van der Waals surface area contributed by atoms with E-state index in [1.165, 1.54) is 0 Å². The Hall–Kier alpha value is -0.130. The third kappa shape index (κ3) is 6.12. The minimum Gasteiger partial charge on any atom is -0.396 e. The van der Waals surface area contributed by atoms with E-state index in [1.807, 2.05) is 0 Å². The molecule has 5 heteroatoms. The maximum absolute atomic E-state index is 10.7. The first kappa shape index (κ1) is 14.9. The van der Waals surface area contributed by atoms with Gasteiger partial charge in [-0.15, -0.1) is 0 Å². The van der Waals surface area contributed by atoms with Crippen LogP contribution in [0.15, 0.2) is 0 Å². The first-order chi connectivity index (χ1) is 6.89. The first-order valence-electron chi connectivity index (χ1n) is 5.50. The summed E-state index contributed by atoms with van der Waals surface area (Å²) in [5.74, 6) is 0.0436. The van der Waals surface area contributed by atoms with Gasteiger partial charge in [0.1, 0.15) is 0 Å². The molecule has 0 saturated heterocycles. The summed E-state index contributed by atoms with van der Waals surface area (Å²) in [7, 11) is -3.32. The number of sulfonamides is 1. The van der Waals surface area contributed by atoms with Gasteiger partial charge in [0.2, 0.25) is 10.0 Å². The lowest BCUT2D eigenvalue weighted by Crippen LogP contribution is -2.24. The van der Waals surface area contributed by atoms with Gasteiger partial charge in [0.15, 0.2) is 0 Å². The number of aliphatic hydroxyl groups excluding tert-OH is 1. The maximum Gasteiger partial charge on any atom is 0.209 e. The fourth-order valence-corrected chi connectivity index (χ4v) is 2.32. The summed E-state index contributed by atoms with van der Waals surface area (Å²) in [5.41, 5.74) is -0.0294. The van der Waals surface area contributed by atoms with Crippen LogP contribution in [0.5, 0.6) is 0 Å². The Morgan fingerprint density at radius 1 is 1.20 bits per heavy atom. The summed E-state index contributed by atoms with van der Waals surface area (Å²) in [6, 6.07) is 0. The predicted molar refractivity (Wildman–Crippen MR) is 61.9 cm³/mol. The highest BCUT2D eigenvalue weighted by Crippen LogP contribution is 2.31. The lowest BCUT2D eigenvalue weighted by molar-refractivity contribution is 0.103. The quantitative estimate of drug-likeness (QED) is 0.623. The Labute approximate surface area is 92.9 Å². The Bertz CT molecular complexity index is 250. The zero-order valence-electron chi connectivity index (χ0n) is 9.70. The lowest BCUT2D eigenvalue weighted by atomic mass is 9.79. The van der Waals surface area contributed by atoms with Crippen molar-refractivity contribution in [2.75, 3.05) is 12.4 Å². The van der Waals surface area contributed by atoms with Crippen molar-refractivity contribution in [1.29, 1.82) is 0 Å². The number of hydrogen-bond acceptors (Lipinski definition) is 3. The molecule has 0 rings (SSSR count). The van der Waals surface area contributed by atoms with E-state index >= 15 is 0 Å². The van der Waals surface area contributed by atoms with Gasteiger partial charge in [-0.1, -0.05) is 20.3 Å². The molecule has 92 valence electrons. The molecule has 0 aromatic rings. The summed E-state index contributed by atoms with van der Waals surface area (Å²) in [6.07, 6.45) is 4.11. The molecule has 0 aliphatic heterocycles. The van der Waals surface area contributed by atoms with Crippen molar-refractivity contribution in [3.8, 4) is 0 Å². The van der Waals surface area contributed by atoms with Crippen LogP contribution in [0.2, 0.25) is 0 Å². The number of nitrogens with two attached hydrogens (primary N) is 1. The van der Waals surface area contributed by atoms with E-state index in [2.05, 4.69) is 13.8 Å². The molecule has 0 spiro atoms. The summed E-state index contributed by atoms with van der Waals surface area (Å²) in [4.78, 5) is 0. The van der Waals surface area contributed by atoms with Gasteiger partial charge < -0.3 is 5.11 Å². The van der Waals surface area contributed by atoms with Gasteiger partial charge in [0.05, 0.1) is 5.75 Å². The van der Waals surface area contributed by atoms with Crippen molar-refractivity contribution in [3.05, 3.63) is 0 Å². The van der Waals surface area contributed by atoms with Crippen LogP contribution in [0.3, 0.4) is 0 Å². The summed E-state index contributed by atoms with van der Waals surface area (Å²) >= 11 is 0. The molecule has 15 heavy (non-hydrogen) atoms. The highest BCUT2D eigenvalue weighted by Gasteiger charge is 2.24. The monoisotopic (exact) mass is 237 g/mol. The van der Waals surface area contributed by atoms with E-state index in [0.29, 0.717) is 6.42 Å². The average Bonchev–Trinajstić information content (AvgIpc) is 2.18. The third-order valence-corrected chi connectivity index (χ3v) is 4.08. The summed E-state index contributed by atoms with van der Waals surface area (Å²) in [5, 5.41) is 14.2. The van der Waals surface area contributed by atoms with E-state index in [9.17, 15) is 13.5 Å². The van der Waals surface area contributed by atoms with E-state index in [1.54, 1.807) is 0 Å². The first-order valence-corrected chi connectivity index (χ1v) is 7.22. The third-order valence-electron chi connectivity index (χ3n) is 3.22. The van der Waals surface area contributed by atoms with Crippen molar-refractivity contribution in [3.63, 3.8) is 0 Å². The van der Waals surface area contributed by atoms with Crippen LogP contribution in [-0.4, -0.2) is 25.9 Å². The second kappa shape index (κ2) is 6.45. The minimum absolute atomic E-state index is 0.0294. The van der Waals surface area contributed by atoms with Crippen LogP contribution in [0.25, 0.3) is 0 Å². The Morgan fingerprint density at radius 3 is 2.07 bits per heavy atom. The van der Waals surface area contributed by atoms with Gasteiger partial charge in [-0.2, -0.15) is 0 Å². The maximum atomic E-state index is 10.7. The molecule has 4 nitrogen and oxygen atoms in total. The molecule has 0 amide bonds. The second-order valence-corrected chi connectivity index (χ2v) is 5.92. The zero-order valence-corrected chi connectivity index (χ0v) is 10.5. The molecule has 0 aliphatic rings. The summed E-state index contributed by atoms with van der Waals surface area (Å²) in [6.45, 7) is 4.29. The van der Waals surface area contributed by atoms with Crippen molar-refractivity contribution in [1.82, 2.24) is 0 Å². The molecule has 0 bridgehead atoms. The van der Waals surface area contributed by atoms with Crippen LogP contribution in [0.1, 0.15) is 46.0 Å². The van der Waals surface area contributed by atoms with Crippen LogP contribution < -0.4 is 5.14 Å². The van der Waals surface area contributed by atoms with Crippen molar-refractivity contribution < 1.29 is 13.5 Å². The van der Waals surface area contributed by atoms with E-state index in [-0.39, 0.29) is 17.8 Å². The van der Waals surface area contributed by atoms with Gasteiger partial charge >= 0.3 is 0 Å². The Balaban J connectivity index is 3.92. The molecule has 0 unspecified atom stereocenters. The van der Waals surface area contributed by atoms with Gasteiger partial charge in [0, 0.05) is 6.61 Å². The summed E-state index contributed by atoms with van der Waals surface area (Å²) < 4.78 is 21.4. The highest BCUT2D eigenvalue weighted by molar-refractivity contribution is 7.89. The molecule has 3 N–H and O–H groups in total. The predicted octanol–water partition coefficient (Wildman–Crippen LogP) is 1.24. The molecule has 0 saturated carbocycles. The average molecular weight is 237 g/mol. The fraction of sp³-hybridized carbons (Fsp3) is 1.00. The smallest absolute Gasteiger partial charge is 0.209 e. The van der Waals surface area contributed by atoms with E-state index < -0.39 is 10.0 Å². The van der Waals surface area contributed by atoms with Crippen LogP contribution in [-0.2, 0) is 10.0 Å². The zero-order chi connectivity index (χ0) is 11.9. The molecule has 0 radical (unpaired) electrons. The van der Waals surface area contributed by atoms with Crippen molar-refractivity contribution >= 4 is 10.0 Å². The SMILES string of the molecule is CCC(CC)(CO)CCCCS(N)(=O)=O. The standard InChI is InChI=1S/C10H23NO3S/c1-3-10(4-2,9-12)7-5-6-8-15(11,13)14/h12H,3-9H2,1-2H3,(H2,11,13,14). The molecule has 0 aliphatic carbocycles. The van der Waals surface area contributed by atoms with Crippen molar-refractivity contribution in [2.45, 2.75) is 46.0 Å². The molecule has 0 fully saturated rings. The molecular weight excluding hydrogens is 214 g/mol. The van der Waals surface area contributed by atoms with Gasteiger partial charge in [-0.05, 0) is 31.1 Å². The normalized spacial score (nSPS) is 13.1. The number of hydrogen-bond donors (Lipinski definition) is 2. The van der Waals surface area contributed by atoms with Gasteiger partial charge in [-0.3, -0.25) is 0 Å². The number of aliphatic hydroxyl groups is 1. The van der Waals surface area contributed by atoms with Gasteiger partial charge in [-0.25, -0.2) is 13.6 Å². The van der Waals surface area contributed by atoms with Crippen LogP contribution in [0, 0.1) is 5.41 Å². The molecule has 0 aromatic carbocycles. The topological polar surface area (TPSA) is 80.4 Å². The highest BCUT2D eigenvalue weighted by atomic mass is 32.2. The van der Waals surface area contributed by atoms with Crippen LogP contribution >= 0.6 is 0 Å².